The first kappa shape index (κ1) is 22.0. The fourth-order valence-corrected chi connectivity index (χ4v) is 2.10. The summed E-state index contributed by atoms with van der Waals surface area (Å²) in [6, 6.07) is 6.24. The smallest absolute Gasteiger partial charge is 0.191 e. The molecule has 0 amide bonds. The predicted octanol–water partition coefficient (Wildman–Crippen LogP) is 2.89. The number of hydrogen-bond donors (Lipinski definition) is 2. The van der Waals surface area contributed by atoms with E-state index in [-0.39, 0.29) is 24.0 Å². The van der Waals surface area contributed by atoms with Crippen molar-refractivity contribution in [2.24, 2.45) is 4.99 Å². The van der Waals surface area contributed by atoms with E-state index in [1.54, 1.807) is 7.05 Å². The third-order valence-corrected chi connectivity index (χ3v) is 3.04. The summed E-state index contributed by atoms with van der Waals surface area (Å²) in [5, 5.41) is 6.48. The van der Waals surface area contributed by atoms with Crippen LogP contribution in [0.15, 0.2) is 23.2 Å². The van der Waals surface area contributed by atoms with Gasteiger partial charge in [-0.15, -0.1) is 24.0 Å². The molecule has 1 rings (SSSR count). The van der Waals surface area contributed by atoms with Gasteiger partial charge in [0, 0.05) is 26.8 Å². The molecule has 132 valence electrons. The minimum atomic E-state index is 0. The molecule has 2 N–H and O–H groups in total. The van der Waals surface area contributed by atoms with Crippen molar-refractivity contribution in [3.8, 4) is 5.75 Å². The molecule has 0 aliphatic carbocycles. The van der Waals surface area contributed by atoms with Gasteiger partial charge in [-0.2, -0.15) is 0 Å². The van der Waals surface area contributed by atoms with Crippen molar-refractivity contribution in [2.45, 2.75) is 27.2 Å². The Hall–Kier alpha value is -1.02. The van der Waals surface area contributed by atoms with E-state index in [0.717, 1.165) is 37.9 Å². The number of guanidine groups is 1. The second kappa shape index (κ2) is 13.4. The van der Waals surface area contributed by atoms with E-state index in [0.29, 0.717) is 13.2 Å². The fourth-order valence-electron chi connectivity index (χ4n) is 2.10. The summed E-state index contributed by atoms with van der Waals surface area (Å²) in [6.45, 7) is 9.85. The van der Waals surface area contributed by atoms with E-state index in [1.807, 2.05) is 19.1 Å². The van der Waals surface area contributed by atoms with Crippen LogP contribution in [-0.2, 0) is 4.74 Å². The van der Waals surface area contributed by atoms with Crippen molar-refractivity contribution in [3.63, 3.8) is 0 Å². The molecule has 0 heterocycles. The standard InChI is InChI=1S/C17H29N3O2.HI/c1-5-21-9-6-7-19-17(18-4)20-8-10-22-16-12-14(2)11-15(3)13-16;/h11-13H,5-10H2,1-4H3,(H2,18,19,20);1H. The molecule has 0 spiro atoms. The highest BCUT2D eigenvalue weighted by Gasteiger charge is 1.99. The molecule has 0 aliphatic heterocycles. The van der Waals surface area contributed by atoms with Crippen molar-refractivity contribution in [1.29, 1.82) is 0 Å². The zero-order valence-corrected chi connectivity index (χ0v) is 17.0. The van der Waals surface area contributed by atoms with E-state index in [1.165, 1.54) is 11.1 Å². The maximum Gasteiger partial charge on any atom is 0.191 e. The minimum Gasteiger partial charge on any atom is -0.492 e. The molecule has 0 aliphatic rings. The molecular weight excluding hydrogens is 405 g/mol. The van der Waals surface area contributed by atoms with Gasteiger partial charge in [0.1, 0.15) is 12.4 Å². The van der Waals surface area contributed by atoms with Gasteiger partial charge in [0.15, 0.2) is 5.96 Å². The first-order valence-electron chi connectivity index (χ1n) is 7.89. The van der Waals surface area contributed by atoms with Gasteiger partial charge in [-0.25, -0.2) is 0 Å². The second-order valence-electron chi connectivity index (χ2n) is 5.15. The zero-order chi connectivity index (χ0) is 16.2. The Morgan fingerprint density at radius 2 is 1.70 bits per heavy atom. The van der Waals surface area contributed by atoms with Gasteiger partial charge in [0.25, 0.3) is 0 Å². The number of rotatable bonds is 9. The van der Waals surface area contributed by atoms with E-state index >= 15 is 0 Å². The van der Waals surface area contributed by atoms with E-state index < -0.39 is 0 Å². The lowest BCUT2D eigenvalue weighted by Gasteiger charge is -2.13. The van der Waals surface area contributed by atoms with Crippen molar-refractivity contribution in [1.82, 2.24) is 10.6 Å². The summed E-state index contributed by atoms with van der Waals surface area (Å²) in [6.07, 6.45) is 0.966. The molecule has 0 fully saturated rings. The Bertz CT molecular complexity index is 447. The normalized spacial score (nSPS) is 10.9. The van der Waals surface area contributed by atoms with Crippen LogP contribution in [0.5, 0.6) is 5.75 Å². The molecule has 0 saturated carbocycles. The molecule has 0 aromatic heterocycles. The highest BCUT2D eigenvalue weighted by Crippen LogP contribution is 2.15. The summed E-state index contributed by atoms with van der Waals surface area (Å²) in [7, 11) is 1.77. The van der Waals surface area contributed by atoms with Crippen LogP contribution in [0.3, 0.4) is 0 Å². The molecule has 0 atom stereocenters. The number of hydrogen-bond acceptors (Lipinski definition) is 3. The lowest BCUT2D eigenvalue weighted by atomic mass is 10.1. The van der Waals surface area contributed by atoms with Crippen LogP contribution in [0.1, 0.15) is 24.5 Å². The highest BCUT2D eigenvalue weighted by molar-refractivity contribution is 14.0. The lowest BCUT2D eigenvalue weighted by Crippen LogP contribution is -2.39. The average molecular weight is 435 g/mol. The van der Waals surface area contributed by atoms with Gasteiger partial charge in [-0.3, -0.25) is 4.99 Å². The summed E-state index contributed by atoms with van der Waals surface area (Å²) >= 11 is 0. The number of halogens is 1. The van der Waals surface area contributed by atoms with E-state index in [9.17, 15) is 0 Å². The van der Waals surface area contributed by atoms with Crippen LogP contribution in [0, 0.1) is 13.8 Å². The van der Waals surface area contributed by atoms with Crippen molar-refractivity contribution in [2.75, 3.05) is 40.0 Å². The molecule has 23 heavy (non-hydrogen) atoms. The maximum atomic E-state index is 5.75. The summed E-state index contributed by atoms with van der Waals surface area (Å²) < 4.78 is 11.1. The van der Waals surface area contributed by atoms with Crippen LogP contribution >= 0.6 is 24.0 Å². The van der Waals surface area contributed by atoms with Crippen molar-refractivity contribution in [3.05, 3.63) is 29.3 Å². The lowest BCUT2D eigenvalue weighted by molar-refractivity contribution is 0.145. The quantitative estimate of drug-likeness (QED) is 0.271. The molecule has 0 bridgehead atoms. The summed E-state index contributed by atoms with van der Waals surface area (Å²) in [5.74, 6) is 1.71. The van der Waals surface area contributed by atoms with Crippen LogP contribution < -0.4 is 15.4 Å². The largest absolute Gasteiger partial charge is 0.492 e. The Kier molecular flexibility index (Phi) is 12.8. The molecule has 0 unspecified atom stereocenters. The van der Waals surface area contributed by atoms with E-state index in [4.69, 9.17) is 9.47 Å². The number of nitrogens with one attached hydrogen (secondary N) is 2. The molecule has 0 radical (unpaired) electrons. The number of benzene rings is 1. The fraction of sp³-hybridized carbons (Fsp3) is 0.588. The Labute approximate surface area is 157 Å². The molecule has 5 nitrogen and oxygen atoms in total. The monoisotopic (exact) mass is 435 g/mol. The number of ether oxygens (including phenoxy) is 2. The summed E-state index contributed by atoms with van der Waals surface area (Å²) in [5.41, 5.74) is 2.43. The van der Waals surface area contributed by atoms with Gasteiger partial charge in [-0.05, 0) is 50.5 Å². The van der Waals surface area contributed by atoms with Gasteiger partial charge in [-0.1, -0.05) is 6.07 Å². The number of aliphatic imine (C=N–C) groups is 1. The predicted molar refractivity (Wildman–Crippen MR) is 107 cm³/mol. The van der Waals surface area contributed by atoms with Gasteiger partial charge in [0.05, 0.1) is 6.54 Å². The SMILES string of the molecule is CCOCCCNC(=NC)NCCOc1cc(C)cc(C)c1.I. The van der Waals surface area contributed by atoms with Gasteiger partial charge in [0.2, 0.25) is 0 Å². The molecule has 1 aromatic rings. The topological polar surface area (TPSA) is 54.9 Å². The third-order valence-electron chi connectivity index (χ3n) is 3.04. The van der Waals surface area contributed by atoms with Crippen molar-refractivity contribution >= 4 is 29.9 Å². The van der Waals surface area contributed by atoms with Crippen LogP contribution in [0.2, 0.25) is 0 Å². The highest BCUT2D eigenvalue weighted by atomic mass is 127. The van der Waals surface area contributed by atoms with Crippen molar-refractivity contribution < 1.29 is 9.47 Å². The van der Waals surface area contributed by atoms with E-state index in [2.05, 4.69) is 35.5 Å². The maximum absolute atomic E-state index is 5.75. The minimum absolute atomic E-state index is 0. The Morgan fingerprint density at radius 1 is 1.04 bits per heavy atom. The Balaban J connectivity index is 0.00000484. The first-order valence-corrected chi connectivity index (χ1v) is 7.89. The van der Waals surface area contributed by atoms with Gasteiger partial charge < -0.3 is 20.1 Å². The zero-order valence-electron chi connectivity index (χ0n) is 14.6. The van der Waals surface area contributed by atoms with Gasteiger partial charge >= 0.3 is 0 Å². The third kappa shape index (κ3) is 10.4. The summed E-state index contributed by atoms with van der Waals surface area (Å²) in [4.78, 5) is 4.18. The second-order valence-corrected chi connectivity index (χ2v) is 5.15. The number of aryl methyl sites for hydroxylation is 2. The molecule has 6 heteroatoms. The van der Waals surface area contributed by atoms with Crippen LogP contribution in [-0.4, -0.2) is 45.9 Å². The molecule has 1 aromatic carbocycles. The number of nitrogens with zero attached hydrogens (tertiary/aromatic N) is 1. The first-order chi connectivity index (χ1) is 10.7. The molecular formula is C17H30IN3O2. The van der Waals surface area contributed by atoms with Crippen LogP contribution in [0.25, 0.3) is 0 Å². The van der Waals surface area contributed by atoms with Crippen LogP contribution in [0.4, 0.5) is 0 Å². The molecule has 0 saturated heterocycles. The Morgan fingerprint density at radius 3 is 2.30 bits per heavy atom. The average Bonchev–Trinajstić information content (AvgIpc) is 2.48.